The summed E-state index contributed by atoms with van der Waals surface area (Å²) in [6.07, 6.45) is -5.89. The lowest BCUT2D eigenvalue weighted by atomic mass is 9.73. The van der Waals surface area contributed by atoms with Gasteiger partial charge in [0.05, 0.1) is 28.6 Å². The highest BCUT2D eigenvalue weighted by atomic mass is 35.5. The Balaban J connectivity index is 1.75. The molecule has 16 heteroatoms. The average Bonchev–Trinajstić information content (AvgIpc) is 3.41. The van der Waals surface area contributed by atoms with Gasteiger partial charge in [0, 0.05) is 45.3 Å². The molecule has 43 heavy (non-hydrogen) atoms. The van der Waals surface area contributed by atoms with E-state index >= 15 is 8.78 Å². The van der Waals surface area contributed by atoms with Crippen LogP contribution < -0.4 is 10.2 Å². The van der Waals surface area contributed by atoms with Gasteiger partial charge < -0.3 is 15.3 Å². The van der Waals surface area contributed by atoms with Crippen molar-refractivity contribution in [2.45, 2.75) is 43.9 Å². The Kier molecular flexibility index (Phi) is 7.70. The number of hydrogen-bond acceptors (Lipinski definition) is 4. The number of carboxylic acids is 1. The number of nitrogens with one attached hydrogen (secondary N) is 1. The Hall–Kier alpha value is -2.38. The van der Waals surface area contributed by atoms with Gasteiger partial charge in [-0.1, -0.05) is 46.4 Å². The fourth-order valence-corrected chi connectivity index (χ4v) is 7.49. The number of alkyl halides is 5. The van der Waals surface area contributed by atoms with Crippen molar-refractivity contribution in [2.75, 3.05) is 23.3 Å². The zero-order valence-corrected chi connectivity index (χ0v) is 25.2. The molecule has 7 nitrogen and oxygen atoms in total. The minimum atomic E-state index is -4.85. The highest BCUT2D eigenvalue weighted by Crippen LogP contribution is 2.61. The van der Waals surface area contributed by atoms with Gasteiger partial charge in [0.1, 0.15) is 11.5 Å². The molecule has 2 aromatic carbocycles. The van der Waals surface area contributed by atoms with Gasteiger partial charge in [-0.2, -0.15) is 13.2 Å². The van der Waals surface area contributed by atoms with Gasteiger partial charge in [0.25, 0.3) is 11.8 Å². The molecule has 1 spiro atoms. The molecule has 0 aromatic heterocycles. The lowest BCUT2D eigenvalue weighted by Gasteiger charge is -2.37. The molecule has 2 aromatic rings. The van der Waals surface area contributed by atoms with Crippen molar-refractivity contribution in [1.29, 1.82) is 0 Å². The van der Waals surface area contributed by atoms with Gasteiger partial charge >= 0.3 is 12.1 Å². The van der Waals surface area contributed by atoms with Gasteiger partial charge in [-0.15, -0.1) is 0 Å². The monoisotopic (exact) mass is 687 g/mol. The maximum Gasteiger partial charge on any atom is 0.395 e. The Morgan fingerprint density at radius 2 is 1.63 bits per heavy atom. The third kappa shape index (κ3) is 5.03. The van der Waals surface area contributed by atoms with E-state index in [9.17, 15) is 32.7 Å². The number of fused-ring (bicyclic) bond motifs is 4. The van der Waals surface area contributed by atoms with Crippen LogP contribution in [0.5, 0.6) is 0 Å². The minimum absolute atomic E-state index is 0.0387. The molecule has 2 N–H and O–H groups in total. The summed E-state index contributed by atoms with van der Waals surface area (Å²) in [5.41, 5.74) is -5.37. The first-order chi connectivity index (χ1) is 19.7. The molecule has 0 saturated carbocycles. The van der Waals surface area contributed by atoms with Crippen LogP contribution in [0.1, 0.15) is 25.8 Å². The van der Waals surface area contributed by atoms with Crippen LogP contribution in [0.25, 0.3) is 0 Å². The summed E-state index contributed by atoms with van der Waals surface area (Å²) in [6.45, 7) is -0.513. The van der Waals surface area contributed by atoms with E-state index in [1.54, 1.807) is 0 Å². The second kappa shape index (κ2) is 10.3. The van der Waals surface area contributed by atoms with E-state index in [1.165, 1.54) is 18.2 Å². The molecule has 0 unspecified atom stereocenters. The summed E-state index contributed by atoms with van der Waals surface area (Å²) in [7, 11) is 0. The molecule has 5 rings (SSSR count). The van der Waals surface area contributed by atoms with Crippen LogP contribution in [0.4, 0.5) is 33.3 Å². The van der Waals surface area contributed by atoms with Gasteiger partial charge in [0.2, 0.25) is 5.91 Å². The lowest BCUT2D eigenvalue weighted by molar-refractivity contribution is -0.208. The molecule has 3 aliphatic heterocycles. The maximum atomic E-state index is 15.1. The summed E-state index contributed by atoms with van der Waals surface area (Å²) in [4.78, 5) is 42.9. The van der Waals surface area contributed by atoms with Crippen LogP contribution in [-0.4, -0.2) is 59.0 Å². The van der Waals surface area contributed by atoms with E-state index in [4.69, 9.17) is 46.4 Å². The number of benzene rings is 2. The third-order valence-electron chi connectivity index (χ3n) is 8.33. The smallest absolute Gasteiger partial charge is 0.395 e. The number of nitrogens with zero attached hydrogens (tertiary/aromatic N) is 2. The molecule has 3 heterocycles. The predicted octanol–water partition coefficient (Wildman–Crippen LogP) is 7.11. The number of carbonyl (C=O) groups excluding carboxylic acids is 2. The standard InChI is InChI=1S/C27H22Cl4F5N3O4/c1-24(2,27(34,35)36)9-38(14-4-11(28)3-12(29)5-14)21(40)18-17-8-25(32,33)10-39(17)26(19(18)22(41)42)15-6-13(30)7-16(31)20(15)37-23(26)43/h3-7,17-19H,8-10H2,1-2H3,(H,37,43)(H,41,42)/t17-,18+,19-,26+/m1/s1. The van der Waals surface area contributed by atoms with Crippen molar-refractivity contribution >= 4 is 75.6 Å². The van der Waals surface area contributed by atoms with Crippen LogP contribution >= 0.6 is 46.4 Å². The van der Waals surface area contributed by atoms with Crippen molar-refractivity contribution in [2.24, 2.45) is 17.3 Å². The second-order valence-corrected chi connectivity index (χ2v) is 13.3. The van der Waals surface area contributed by atoms with E-state index in [0.717, 1.165) is 30.9 Å². The Morgan fingerprint density at radius 1 is 1.05 bits per heavy atom. The second-order valence-electron chi connectivity index (χ2n) is 11.6. The minimum Gasteiger partial charge on any atom is -0.481 e. The van der Waals surface area contributed by atoms with Gasteiger partial charge in [-0.3, -0.25) is 19.3 Å². The van der Waals surface area contributed by atoms with Crippen LogP contribution in [0.2, 0.25) is 20.1 Å². The zero-order valence-electron chi connectivity index (χ0n) is 22.2. The van der Waals surface area contributed by atoms with Crippen LogP contribution in [0, 0.1) is 17.3 Å². The quantitative estimate of drug-likeness (QED) is 0.327. The summed E-state index contributed by atoms with van der Waals surface area (Å²) in [5, 5.41) is 12.8. The summed E-state index contributed by atoms with van der Waals surface area (Å²) in [6, 6.07) is 4.45. The molecule has 0 aliphatic carbocycles. The fraction of sp³-hybridized carbons (Fsp3) is 0.444. The summed E-state index contributed by atoms with van der Waals surface area (Å²) < 4.78 is 72.5. The normalized spacial score (nSPS) is 26.4. The van der Waals surface area contributed by atoms with E-state index in [1.807, 2.05) is 0 Å². The first-order valence-corrected chi connectivity index (χ1v) is 14.2. The van der Waals surface area contributed by atoms with Gasteiger partial charge in [0.15, 0.2) is 0 Å². The molecule has 0 bridgehead atoms. The molecular formula is C27H22Cl4F5N3O4. The number of anilines is 2. The summed E-state index contributed by atoms with van der Waals surface area (Å²) >= 11 is 24.7. The molecule has 3 aliphatic rings. The number of carbonyl (C=O) groups is 3. The number of carboxylic acid groups (broad SMARTS) is 1. The van der Waals surface area contributed by atoms with Crippen LogP contribution in [0.3, 0.4) is 0 Å². The van der Waals surface area contributed by atoms with Crippen molar-refractivity contribution in [3.05, 3.63) is 56.0 Å². The van der Waals surface area contributed by atoms with Crippen molar-refractivity contribution in [3.8, 4) is 0 Å². The molecule has 2 amide bonds. The Labute approximate surface area is 261 Å². The molecule has 232 valence electrons. The summed E-state index contributed by atoms with van der Waals surface area (Å²) in [5.74, 6) is -11.4. The number of halogens is 9. The molecule has 2 saturated heterocycles. The van der Waals surface area contributed by atoms with Gasteiger partial charge in [-0.25, -0.2) is 8.78 Å². The van der Waals surface area contributed by atoms with Crippen molar-refractivity contribution < 1.29 is 41.4 Å². The maximum absolute atomic E-state index is 15.1. The average molecular weight is 689 g/mol. The molecule has 2 fully saturated rings. The van der Waals surface area contributed by atoms with Crippen LogP contribution in [0.15, 0.2) is 30.3 Å². The predicted molar refractivity (Wildman–Crippen MR) is 150 cm³/mol. The Morgan fingerprint density at radius 3 is 2.19 bits per heavy atom. The lowest BCUT2D eigenvalue weighted by Crippen LogP contribution is -2.55. The number of amides is 2. The molecule has 4 atom stereocenters. The van der Waals surface area contributed by atoms with Crippen molar-refractivity contribution in [3.63, 3.8) is 0 Å². The molecule has 0 radical (unpaired) electrons. The largest absolute Gasteiger partial charge is 0.481 e. The highest BCUT2D eigenvalue weighted by molar-refractivity contribution is 6.38. The van der Waals surface area contributed by atoms with E-state index in [0.29, 0.717) is 4.90 Å². The number of hydrogen-bond donors (Lipinski definition) is 2. The third-order valence-corrected chi connectivity index (χ3v) is 9.29. The first-order valence-electron chi connectivity index (χ1n) is 12.7. The van der Waals surface area contributed by atoms with Crippen molar-refractivity contribution in [1.82, 2.24) is 4.90 Å². The number of aliphatic carboxylic acids is 1. The first kappa shape index (κ1) is 32.0. The highest BCUT2D eigenvalue weighted by Gasteiger charge is 2.75. The Bertz CT molecular complexity index is 1530. The fourth-order valence-electron chi connectivity index (χ4n) is 6.44. The van der Waals surface area contributed by atoms with E-state index in [-0.39, 0.29) is 37.0 Å². The SMILES string of the molecule is CC(C)(CN(C(=O)[C@H]1[C@H]2CC(F)(F)CN2[C@]2(C(=O)Nc3c(Cl)cc(Cl)cc32)[C@H]1C(=O)O)c1cc(Cl)cc(Cl)c1)C(F)(F)F. The van der Waals surface area contributed by atoms with E-state index in [2.05, 4.69) is 5.32 Å². The van der Waals surface area contributed by atoms with E-state index < -0.39 is 78.2 Å². The topological polar surface area (TPSA) is 90.0 Å². The molecular weight excluding hydrogens is 667 g/mol. The number of rotatable bonds is 5. The van der Waals surface area contributed by atoms with Crippen LogP contribution in [-0.2, 0) is 19.9 Å². The van der Waals surface area contributed by atoms with Gasteiger partial charge in [-0.05, 0) is 44.2 Å². The zero-order chi connectivity index (χ0) is 32.0.